The average Bonchev–Trinajstić information content (AvgIpc) is 2.91. The van der Waals surface area contributed by atoms with Crippen molar-refractivity contribution in [3.63, 3.8) is 0 Å². The van der Waals surface area contributed by atoms with Crippen LogP contribution in [0.2, 0.25) is 0 Å². The standard InChI is InChI=1S/C15H18BrN3O3S/c1-9-6-19(15(21)22)4-3-18(9)7-10-5-11-13(23-10)12(16)8-17(2)14(11)20/h5,8-9H,3-4,6-7H2,1-2H3,(H,21,22). The number of aromatic nitrogens is 1. The zero-order valence-electron chi connectivity index (χ0n) is 13.0. The highest BCUT2D eigenvalue weighted by atomic mass is 79.9. The largest absolute Gasteiger partial charge is 0.465 e. The van der Waals surface area contributed by atoms with E-state index in [0.29, 0.717) is 19.6 Å². The molecule has 1 saturated heterocycles. The van der Waals surface area contributed by atoms with Gasteiger partial charge in [-0.15, -0.1) is 11.3 Å². The number of carbonyl (C=O) groups is 1. The van der Waals surface area contributed by atoms with E-state index in [4.69, 9.17) is 5.11 Å². The van der Waals surface area contributed by atoms with Crippen molar-refractivity contribution < 1.29 is 9.90 Å². The van der Waals surface area contributed by atoms with Crippen LogP contribution in [0, 0.1) is 0 Å². The molecule has 23 heavy (non-hydrogen) atoms. The lowest BCUT2D eigenvalue weighted by Gasteiger charge is -2.38. The SMILES string of the molecule is CC1CN(C(=O)O)CCN1Cc1cc2c(=O)n(C)cc(Br)c2s1. The van der Waals surface area contributed by atoms with Crippen molar-refractivity contribution in [2.24, 2.45) is 7.05 Å². The summed E-state index contributed by atoms with van der Waals surface area (Å²) in [5.74, 6) is 0. The Bertz CT molecular complexity index is 816. The fourth-order valence-electron chi connectivity index (χ4n) is 2.94. The molecule has 1 unspecified atom stereocenters. The van der Waals surface area contributed by atoms with Crippen LogP contribution in [0.4, 0.5) is 4.79 Å². The molecule has 2 aromatic rings. The molecule has 1 fully saturated rings. The number of thiophene rings is 1. The van der Waals surface area contributed by atoms with Crippen LogP contribution in [0.25, 0.3) is 10.1 Å². The van der Waals surface area contributed by atoms with E-state index in [1.807, 2.05) is 13.0 Å². The third kappa shape index (κ3) is 3.15. The number of amides is 1. The second kappa shape index (κ2) is 6.26. The van der Waals surface area contributed by atoms with Gasteiger partial charge in [0, 0.05) is 50.3 Å². The highest BCUT2D eigenvalue weighted by Gasteiger charge is 2.26. The first-order chi connectivity index (χ1) is 10.9. The number of hydrogen-bond donors (Lipinski definition) is 1. The third-order valence-electron chi connectivity index (χ3n) is 4.25. The van der Waals surface area contributed by atoms with Crippen molar-refractivity contribution in [3.05, 3.63) is 32.0 Å². The van der Waals surface area contributed by atoms with E-state index in [-0.39, 0.29) is 11.6 Å². The number of carboxylic acid groups (broad SMARTS) is 1. The molecule has 0 aliphatic carbocycles. The van der Waals surface area contributed by atoms with Crippen LogP contribution in [-0.4, -0.2) is 51.2 Å². The molecule has 2 aromatic heterocycles. The molecule has 0 radical (unpaired) electrons. The maximum atomic E-state index is 12.2. The number of hydrogen-bond acceptors (Lipinski definition) is 4. The molecular weight excluding hydrogens is 382 g/mol. The van der Waals surface area contributed by atoms with Gasteiger partial charge in [-0.2, -0.15) is 0 Å². The first-order valence-corrected chi connectivity index (χ1v) is 8.97. The van der Waals surface area contributed by atoms with Gasteiger partial charge >= 0.3 is 6.09 Å². The van der Waals surface area contributed by atoms with Gasteiger partial charge < -0.3 is 14.6 Å². The Labute approximate surface area is 146 Å². The Kier molecular flexibility index (Phi) is 4.48. The summed E-state index contributed by atoms with van der Waals surface area (Å²) in [7, 11) is 1.75. The first-order valence-electron chi connectivity index (χ1n) is 7.36. The summed E-state index contributed by atoms with van der Waals surface area (Å²) in [6, 6.07) is 2.12. The molecule has 1 N–H and O–H groups in total. The lowest BCUT2D eigenvalue weighted by atomic mass is 10.2. The van der Waals surface area contributed by atoms with Gasteiger partial charge in [-0.05, 0) is 28.9 Å². The van der Waals surface area contributed by atoms with Crippen molar-refractivity contribution in [1.82, 2.24) is 14.4 Å². The molecule has 3 heterocycles. The number of piperazine rings is 1. The number of rotatable bonds is 2. The molecule has 1 amide bonds. The summed E-state index contributed by atoms with van der Waals surface area (Å²) in [5, 5.41) is 9.82. The van der Waals surface area contributed by atoms with Crippen molar-refractivity contribution in [1.29, 1.82) is 0 Å². The number of aryl methyl sites for hydroxylation is 1. The number of pyridine rings is 1. The minimum atomic E-state index is -0.856. The van der Waals surface area contributed by atoms with Crippen LogP contribution >= 0.6 is 27.3 Å². The minimum Gasteiger partial charge on any atom is -0.465 e. The minimum absolute atomic E-state index is 0.00875. The number of nitrogens with zero attached hydrogens (tertiary/aromatic N) is 3. The molecular formula is C15H18BrN3O3S. The van der Waals surface area contributed by atoms with Crippen LogP contribution in [0.15, 0.2) is 21.5 Å². The van der Waals surface area contributed by atoms with Gasteiger partial charge in [0.05, 0.1) is 14.6 Å². The quantitative estimate of drug-likeness (QED) is 0.842. The molecule has 0 saturated carbocycles. The van der Waals surface area contributed by atoms with Crippen LogP contribution in [0.5, 0.6) is 0 Å². The van der Waals surface area contributed by atoms with Gasteiger partial charge in [0.1, 0.15) is 0 Å². The molecule has 124 valence electrons. The highest BCUT2D eigenvalue weighted by molar-refractivity contribution is 9.10. The van der Waals surface area contributed by atoms with E-state index in [2.05, 4.69) is 20.8 Å². The fraction of sp³-hybridized carbons (Fsp3) is 0.467. The first kappa shape index (κ1) is 16.5. The molecule has 1 aliphatic rings. The van der Waals surface area contributed by atoms with Gasteiger partial charge in [0.25, 0.3) is 5.56 Å². The van der Waals surface area contributed by atoms with E-state index in [1.54, 1.807) is 29.1 Å². The summed E-state index contributed by atoms with van der Waals surface area (Å²) in [6.07, 6.45) is 0.935. The van der Waals surface area contributed by atoms with E-state index in [0.717, 1.165) is 26.0 Å². The van der Waals surface area contributed by atoms with Crippen molar-refractivity contribution in [3.8, 4) is 0 Å². The molecule has 8 heteroatoms. The maximum Gasteiger partial charge on any atom is 0.407 e. The summed E-state index contributed by atoms with van der Waals surface area (Å²) in [5.41, 5.74) is 0.00875. The van der Waals surface area contributed by atoms with Gasteiger partial charge in [0.15, 0.2) is 0 Å². The molecule has 0 bridgehead atoms. The lowest BCUT2D eigenvalue weighted by molar-refractivity contribution is 0.0718. The highest BCUT2D eigenvalue weighted by Crippen LogP contribution is 2.31. The summed E-state index contributed by atoms with van der Waals surface area (Å²) in [6.45, 7) is 4.53. The van der Waals surface area contributed by atoms with Crippen molar-refractivity contribution in [2.45, 2.75) is 19.5 Å². The average molecular weight is 400 g/mol. The third-order valence-corrected chi connectivity index (χ3v) is 6.27. The summed E-state index contributed by atoms with van der Waals surface area (Å²) >= 11 is 5.14. The second-order valence-electron chi connectivity index (χ2n) is 5.90. The van der Waals surface area contributed by atoms with Crippen LogP contribution in [0.1, 0.15) is 11.8 Å². The lowest BCUT2D eigenvalue weighted by Crippen LogP contribution is -2.52. The van der Waals surface area contributed by atoms with Crippen LogP contribution in [-0.2, 0) is 13.6 Å². The fourth-order valence-corrected chi connectivity index (χ4v) is 4.78. The smallest absolute Gasteiger partial charge is 0.407 e. The Balaban J connectivity index is 1.83. The van der Waals surface area contributed by atoms with Crippen molar-refractivity contribution in [2.75, 3.05) is 19.6 Å². The summed E-state index contributed by atoms with van der Waals surface area (Å²) < 4.78 is 3.48. The Hall–Kier alpha value is -1.38. The molecule has 6 nitrogen and oxygen atoms in total. The van der Waals surface area contributed by atoms with Crippen LogP contribution in [0.3, 0.4) is 0 Å². The Morgan fingerprint density at radius 2 is 2.22 bits per heavy atom. The molecule has 0 aromatic carbocycles. The molecule has 3 rings (SSSR count). The summed E-state index contributed by atoms with van der Waals surface area (Å²) in [4.78, 5) is 28.1. The molecule has 1 atom stereocenters. The van der Waals surface area contributed by atoms with E-state index >= 15 is 0 Å². The monoisotopic (exact) mass is 399 g/mol. The predicted octanol–water partition coefficient (Wildman–Crippen LogP) is 2.55. The van der Waals surface area contributed by atoms with Gasteiger partial charge in [-0.3, -0.25) is 9.69 Å². The molecule has 1 aliphatic heterocycles. The topological polar surface area (TPSA) is 65.8 Å². The predicted molar refractivity (Wildman–Crippen MR) is 94.2 cm³/mol. The number of halogens is 1. The normalized spacial score (nSPS) is 19.4. The molecule has 0 spiro atoms. The van der Waals surface area contributed by atoms with E-state index in [9.17, 15) is 9.59 Å². The Morgan fingerprint density at radius 3 is 2.87 bits per heavy atom. The zero-order valence-corrected chi connectivity index (χ0v) is 15.4. The number of fused-ring (bicyclic) bond motifs is 1. The van der Waals surface area contributed by atoms with E-state index < -0.39 is 6.09 Å². The van der Waals surface area contributed by atoms with Gasteiger partial charge in [-0.1, -0.05) is 0 Å². The van der Waals surface area contributed by atoms with Gasteiger partial charge in [0.2, 0.25) is 0 Å². The Morgan fingerprint density at radius 1 is 1.48 bits per heavy atom. The van der Waals surface area contributed by atoms with Crippen LogP contribution < -0.4 is 5.56 Å². The van der Waals surface area contributed by atoms with Gasteiger partial charge in [-0.25, -0.2) is 4.79 Å². The second-order valence-corrected chi connectivity index (χ2v) is 7.89. The van der Waals surface area contributed by atoms with Crippen molar-refractivity contribution >= 4 is 43.4 Å². The zero-order chi connectivity index (χ0) is 16.7. The maximum absolute atomic E-state index is 12.2. The van der Waals surface area contributed by atoms with E-state index in [1.165, 1.54) is 4.90 Å².